The Morgan fingerprint density at radius 3 is 2.53 bits per heavy atom. The van der Waals surface area contributed by atoms with Crippen molar-refractivity contribution in [3.63, 3.8) is 0 Å². The number of aromatic nitrogens is 4. The molecule has 14 nitrogen and oxygen atoms in total. The van der Waals surface area contributed by atoms with Crippen LogP contribution in [-0.2, 0) is 36.1 Å². The number of aliphatic hydroxyl groups excluding tert-OH is 1. The van der Waals surface area contributed by atoms with Crippen LogP contribution in [0.15, 0.2) is 42.6 Å². The summed E-state index contributed by atoms with van der Waals surface area (Å²) >= 11 is 13.9. The van der Waals surface area contributed by atoms with Gasteiger partial charge in [0.05, 0.1) is 52.4 Å². The van der Waals surface area contributed by atoms with Crippen molar-refractivity contribution in [2.45, 2.75) is 57.8 Å². The highest BCUT2D eigenvalue weighted by Crippen LogP contribution is 2.40. The van der Waals surface area contributed by atoms with Gasteiger partial charge in [-0.15, -0.1) is 0 Å². The molecule has 2 aliphatic rings. The number of hydrogen-bond donors (Lipinski definition) is 4. The Kier molecular flexibility index (Phi) is 11.9. The number of methoxy groups -OCH3 is 1. The average molecular weight is 766 g/mol. The number of hydrogen-bond acceptors (Lipinski definition) is 10. The second-order valence-corrected chi connectivity index (χ2v) is 14.0. The molecular weight excluding hydrogens is 723 g/mol. The molecule has 0 bridgehead atoms. The van der Waals surface area contributed by atoms with Crippen molar-refractivity contribution in [2.75, 3.05) is 38.6 Å². The van der Waals surface area contributed by atoms with Gasteiger partial charge in [0, 0.05) is 94.3 Å². The fourth-order valence-corrected chi connectivity index (χ4v) is 7.58. The number of likely N-dealkylation sites (tertiary alicyclic amines) is 1. The summed E-state index contributed by atoms with van der Waals surface area (Å²) in [5.74, 6) is -0.732. The van der Waals surface area contributed by atoms with Crippen LogP contribution < -0.4 is 15.4 Å². The second-order valence-electron chi connectivity index (χ2n) is 13.2. The van der Waals surface area contributed by atoms with E-state index in [9.17, 15) is 19.5 Å². The van der Waals surface area contributed by atoms with Gasteiger partial charge in [0.2, 0.25) is 11.8 Å². The van der Waals surface area contributed by atoms with Crippen LogP contribution in [0.2, 0.25) is 10.0 Å². The molecule has 1 unspecified atom stereocenters. The zero-order chi connectivity index (χ0) is 37.8. The van der Waals surface area contributed by atoms with E-state index in [4.69, 9.17) is 38.0 Å². The number of rotatable bonds is 12. The van der Waals surface area contributed by atoms with Crippen molar-refractivity contribution >= 4 is 46.7 Å². The molecule has 1 atom stereocenters. The lowest BCUT2D eigenvalue weighted by Crippen LogP contribution is -2.47. The molecule has 280 valence electrons. The molecule has 1 aromatic carbocycles. The van der Waals surface area contributed by atoms with Crippen LogP contribution in [0.25, 0.3) is 22.5 Å². The normalized spacial score (nSPS) is 15.5. The Balaban J connectivity index is 1.16. The quantitative estimate of drug-likeness (QED) is 0.161. The predicted octanol–water partition coefficient (Wildman–Crippen LogP) is 4.41. The van der Waals surface area contributed by atoms with E-state index >= 15 is 0 Å². The topological polar surface area (TPSA) is 175 Å². The number of nitrogens with one attached hydrogen (secondary N) is 2. The van der Waals surface area contributed by atoms with Gasteiger partial charge in [0.15, 0.2) is 5.82 Å². The number of ether oxygens (including phenoxy) is 1. The Morgan fingerprint density at radius 2 is 1.81 bits per heavy atom. The minimum absolute atomic E-state index is 0.0871. The number of pyridine rings is 2. The molecule has 2 amide bonds. The number of carboxylic acid groups (broad SMARTS) is 1. The van der Waals surface area contributed by atoms with E-state index in [1.807, 2.05) is 22.6 Å². The maximum atomic E-state index is 13.7. The number of carbonyl (C=O) groups excluding carboxylic acids is 2. The number of carboxylic acids is 1. The number of carbonyl (C=O) groups is 3. The number of aliphatic hydroxyl groups is 1. The molecular formula is C37H42Cl2N8O6. The van der Waals surface area contributed by atoms with Gasteiger partial charge < -0.3 is 35.1 Å². The molecule has 16 heteroatoms. The number of imidazole rings is 1. The standard InChI is InChI=1S/C37H42Cl2N8O6/c1-21(48)46-14-10-23(11-15-46)47-16-12-30-29(20-47)42-35(45(30)2)36(52)43-28-6-4-5-26(32(28)38)34-33(39)25(9-13-41-34)27-8-7-22(37(44-27)53-3)18-40-19-24(49)17-31(50)51/h4-9,13,23-24,40,49H,10-12,14-20H2,1-3H3,(H,43,52)(H,50,51). The fraction of sp³-hybridized carbons (Fsp3) is 0.405. The summed E-state index contributed by atoms with van der Waals surface area (Å²) in [5.41, 5.74) is 4.99. The van der Waals surface area contributed by atoms with Crippen LogP contribution in [-0.4, -0.2) is 103 Å². The van der Waals surface area contributed by atoms with Crippen molar-refractivity contribution < 1.29 is 29.3 Å². The Bertz CT molecular complexity index is 2020. The summed E-state index contributed by atoms with van der Waals surface area (Å²) < 4.78 is 7.38. The molecule has 4 N–H and O–H groups in total. The maximum Gasteiger partial charge on any atom is 0.306 e. The lowest BCUT2D eigenvalue weighted by molar-refractivity contribution is -0.139. The first-order valence-electron chi connectivity index (χ1n) is 17.4. The Morgan fingerprint density at radius 1 is 1.04 bits per heavy atom. The minimum Gasteiger partial charge on any atom is -0.481 e. The van der Waals surface area contributed by atoms with E-state index in [2.05, 4.69) is 25.5 Å². The highest BCUT2D eigenvalue weighted by atomic mass is 35.5. The molecule has 3 aromatic heterocycles. The third-order valence-electron chi connectivity index (χ3n) is 9.82. The molecule has 4 aromatic rings. The van der Waals surface area contributed by atoms with Gasteiger partial charge in [-0.1, -0.05) is 41.4 Å². The summed E-state index contributed by atoms with van der Waals surface area (Å²) in [6, 6.07) is 10.9. The van der Waals surface area contributed by atoms with Crippen LogP contribution >= 0.6 is 23.2 Å². The van der Waals surface area contributed by atoms with Crippen molar-refractivity contribution in [1.82, 2.24) is 34.6 Å². The second kappa shape index (κ2) is 16.6. The fourth-order valence-electron chi connectivity index (χ4n) is 7.01. The maximum absolute atomic E-state index is 13.7. The van der Waals surface area contributed by atoms with Crippen molar-refractivity contribution in [3.8, 4) is 28.4 Å². The van der Waals surface area contributed by atoms with Gasteiger partial charge >= 0.3 is 5.97 Å². The third-order valence-corrected chi connectivity index (χ3v) is 10.6. The lowest BCUT2D eigenvalue weighted by Gasteiger charge is -2.39. The minimum atomic E-state index is -1.08. The Hall–Kier alpha value is -4.60. The largest absolute Gasteiger partial charge is 0.481 e. The molecule has 6 rings (SSSR count). The van der Waals surface area contributed by atoms with Crippen LogP contribution in [0.1, 0.15) is 53.8 Å². The smallest absolute Gasteiger partial charge is 0.306 e. The number of anilines is 1. The van der Waals surface area contributed by atoms with Gasteiger partial charge in [0.1, 0.15) is 0 Å². The van der Waals surface area contributed by atoms with Crippen LogP contribution in [0.4, 0.5) is 5.69 Å². The summed E-state index contributed by atoms with van der Waals surface area (Å²) in [4.78, 5) is 54.5. The van der Waals surface area contributed by atoms with Crippen molar-refractivity contribution in [2.24, 2.45) is 7.05 Å². The molecule has 0 spiro atoms. The lowest BCUT2D eigenvalue weighted by atomic mass is 10.00. The monoisotopic (exact) mass is 764 g/mol. The molecule has 0 aliphatic carbocycles. The van der Waals surface area contributed by atoms with E-state index in [1.54, 1.807) is 43.5 Å². The number of piperidine rings is 1. The first kappa shape index (κ1) is 38.1. The highest BCUT2D eigenvalue weighted by Gasteiger charge is 2.31. The summed E-state index contributed by atoms with van der Waals surface area (Å²) in [7, 11) is 3.35. The van der Waals surface area contributed by atoms with E-state index in [-0.39, 0.29) is 29.7 Å². The van der Waals surface area contributed by atoms with Gasteiger partial charge in [-0.05, 0) is 31.0 Å². The first-order valence-corrected chi connectivity index (χ1v) is 18.1. The average Bonchev–Trinajstić information content (AvgIpc) is 3.48. The number of benzene rings is 1. The van der Waals surface area contributed by atoms with Gasteiger partial charge in [0.25, 0.3) is 5.91 Å². The van der Waals surface area contributed by atoms with Crippen LogP contribution in [0.5, 0.6) is 5.88 Å². The van der Waals surface area contributed by atoms with Crippen molar-refractivity contribution in [3.05, 3.63) is 75.4 Å². The van der Waals surface area contributed by atoms with Crippen LogP contribution in [0.3, 0.4) is 0 Å². The van der Waals surface area contributed by atoms with E-state index in [1.165, 1.54) is 7.11 Å². The number of aliphatic carboxylic acids is 1. The molecule has 53 heavy (non-hydrogen) atoms. The molecule has 1 saturated heterocycles. The van der Waals surface area contributed by atoms with Gasteiger partial charge in [-0.2, -0.15) is 0 Å². The molecule has 2 aliphatic heterocycles. The zero-order valence-electron chi connectivity index (χ0n) is 29.7. The predicted molar refractivity (Wildman–Crippen MR) is 200 cm³/mol. The van der Waals surface area contributed by atoms with E-state index < -0.39 is 18.0 Å². The summed E-state index contributed by atoms with van der Waals surface area (Å²) in [6.45, 7) is 5.02. The van der Waals surface area contributed by atoms with Crippen LogP contribution in [0, 0.1) is 0 Å². The highest BCUT2D eigenvalue weighted by molar-refractivity contribution is 6.39. The van der Waals surface area contributed by atoms with Gasteiger partial charge in [-0.3, -0.25) is 24.3 Å². The molecule has 1 fully saturated rings. The van der Waals surface area contributed by atoms with Crippen molar-refractivity contribution in [1.29, 1.82) is 0 Å². The summed E-state index contributed by atoms with van der Waals surface area (Å²) in [6.07, 6.45) is 2.83. The first-order chi connectivity index (χ1) is 25.4. The summed E-state index contributed by atoms with van der Waals surface area (Å²) in [5, 5.41) is 25.2. The third kappa shape index (κ3) is 8.47. The number of nitrogens with zero attached hydrogens (tertiary/aromatic N) is 6. The van der Waals surface area contributed by atoms with E-state index in [0.717, 1.165) is 50.3 Å². The number of fused-ring (bicyclic) bond motifs is 1. The zero-order valence-corrected chi connectivity index (χ0v) is 31.2. The molecule has 0 radical (unpaired) electrons. The molecule has 0 saturated carbocycles. The SMILES string of the molecule is COc1nc(-c2ccnc(-c3cccc(NC(=O)c4nc5c(n4C)CCN(C4CCN(C(C)=O)CC4)C5)c3Cl)c2Cl)ccc1CNCC(O)CC(=O)O. The Labute approximate surface area is 317 Å². The number of amides is 2. The van der Waals surface area contributed by atoms with Gasteiger partial charge in [-0.25, -0.2) is 9.97 Å². The number of halogens is 2. The molecule has 5 heterocycles. The van der Waals surface area contributed by atoms with E-state index in [0.29, 0.717) is 63.8 Å².